The zero-order valence-electron chi connectivity index (χ0n) is 10.7. The van der Waals surface area contributed by atoms with Gasteiger partial charge in [-0.05, 0) is 6.92 Å². The van der Waals surface area contributed by atoms with Gasteiger partial charge in [0.25, 0.3) is 0 Å². The molecule has 1 saturated heterocycles. The number of nitrogens with one attached hydrogen (secondary N) is 3. The van der Waals surface area contributed by atoms with Crippen LogP contribution >= 0.6 is 0 Å². The van der Waals surface area contributed by atoms with E-state index < -0.39 is 5.69 Å². The van der Waals surface area contributed by atoms with Crippen LogP contribution in [0.2, 0.25) is 0 Å². The molecule has 0 amide bonds. The highest BCUT2D eigenvalue weighted by Gasteiger charge is 2.12. The third-order valence-electron chi connectivity index (χ3n) is 3.07. The standard InChI is InChI=1S/C11H19N5O2/c1-9-10(13-11(17)15-14-9)12-3-2-4-16-5-7-18-8-6-16/h2-8H2,1H3,(H2,12,13,15,17)/p+1. The second-order valence-corrected chi connectivity index (χ2v) is 4.47. The maximum Gasteiger partial charge on any atom is 0.363 e. The Morgan fingerprint density at radius 2 is 2.22 bits per heavy atom. The predicted molar refractivity (Wildman–Crippen MR) is 66.9 cm³/mol. The van der Waals surface area contributed by atoms with Gasteiger partial charge in [0.1, 0.15) is 18.8 Å². The lowest BCUT2D eigenvalue weighted by molar-refractivity contribution is -0.908. The summed E-state index contributed by atoms with van der Waals surface area (Å²) >= 11 is 0. The summed E-state index contributed by atoms with van der Waals surface area (Å²) in [6, 6.07) is 0. The molecule has 0 radical (unpaired) electrons. The van der Waals surface area contributed by atoms with Gasteiger partial charge in [0.05, 0.1) is 19.8 Å². The molecular weight excluding hydrogens is 234 g/mol. The number of nitrogens with zero attached hydrogens (tertiary/aromatic N) is 2. The summed E-state index contributed by atoms with van der Waals surface area (Å²) in [6.07, 6.45) is 1.04. The minimum absolute atomic E-state index is 0.415. The van der Waals surface area contributed by atoms with E-state index >= 15 is 0 Å². The van der Waals surface area contributed by atoms with Crippen LogP contribution in [0.1, 0.15) is 12.1 Å². The van der Waals surface area contributed by atoms with Gasteiger partial charge in [-0.2, -0.15) is 10.1 Å². The zero-order valence-corrected chi connectivity index (χ0v) is 10.7. The monoisotopic (exact) mass is 254 g/mol. The molecule has 1 aromatic heterocycles. The Morgan fingerprint density at radius 3 is 3.00 bits per heavy atom. The van der Waals surface area contributed by atoms with Gasteiger partial charge in [0.2, 0.25) is 0 Å². The Kier molecular flexibility index (Phi) is 4.66. The molecule has 1 aliphatic rings. The molecular formula is C11H20N5O2+. The van der Waals surface area contributed by atoms with E-state index in [9.17, 15) is 4.79 Å². The molecule has 0 atom stereocenters. The molecule has 1 fully saturated rings. The van der Waals surface area contributed by atoms with Gasteiger partial charge in [0.15, 0.2) is 5.82 Å². The highest BCUT2D eigenvalue weighted by molar-refractivity contribution is 5.37. The molecule has 1 aliphatic heterocycles. The Balaban J connectivity index is 1.71. The van der Waals surface area contributed by atoms with Crippen LogP contribution in [0.25, 0.3) is 0 Å². The van der Waals surface area contributed by atoms with Crippen molar-refractivity contribution in [2.75, 3.05) is 44.7 Å². The average Bonchev–Trinajstić information content (AvgIpc) is 2.40. The Morgan fingerprint density at radius 1 is 1.44 bits per heavy atom. The summed E-state index contributed by atoms with van der Waals surface area (Å²) < 4.78 is 5.31. The van der Waals surface area contributed by atoms with Gasteiger partial charge in [-0.1, -0.05) is 0 Å². The molecule has 0 aliphatic carbocycles. The number of hydrogen-bond donors (Lipinski definition) is 3. The van der Waals surface area contributed by atoms with Crippen LogP contribution in [0.3, 0.4) is 0 Å². The SMILES string of the molecule is Cc1n[nH]c(=O)nc1NCCC[NH+]1CCOCC1. The number of rotatable bonds is 5. The number of anilines is 1. The number of aryl methyl sites for hydroxylation is 1. The number of ether oxygens (including phenoxy) is 1. The van der Waals surface area contributed by atoms with Gasteiger partial charge in [-0.25, -0.2) is 9.89 Å². The summed E-state index contributed by atoms with van der Waals surface area (Å²) in [6.45, 7) is 7.64. The van der Waals surface area contributed by atoms with E-state index in [0.717, 1.165) is 45.8 Å². The maximum atomic E-state index is 11.0. The second kappa shape index (κ2) is 6.46. The van der Waals surface area contributed by atoms with Crippen LogP contribution in [0.5, 0.6) is 0 Å². The van der Waals surface area contributed by atoms with Crippen LogP contribution in [0, 0.1) is 6.92 Å². The van der Waals surface area contributed by atoms with Crippen molar-refractivity contribution in [2.24, 2.45) is 0 Å². The minimum atomic E-state index is -0.415. The number of H-pyrrole nitrogens is 1. The van der Waals surface area contributed by atoms with Crippen molar-refractivity contribution >= 4 is 5.82 Å². The van der Waals surface area contributed by atoms with Crippen molar-refractivity contribution in [1.82, 2.24) is 15.2 Å². The lowest BCUT2D eigenvalue weighted by Gasteiger charge is -2.23. The first-order valence-electron chi connectivity index (χ1n) is 6.34. The number of aromatic nitrogens is 3. The van der Waals surface area contributed by atoms with E-state index in [1.807, 2.05) is 6.92 Å². The van der Waals surface area contributed by atoms with Gasteiger partial charge < -0.3 is 15.0 Å². The molecule has 1 aromatic rings. The second-order valence-electron chi connectivity index (χ2n) is 4.47. The molecule has 2 rings (SSSR count). The molecule has 0 aromatic carbocycles. The summed E-state index contributed by atoms with van der Waals surface area (Å²) in [7, 11) is 0. The van der Waals surface area contributed by atoms with Crippen LogP contribution in [0.4, 0.5) is 5.82 Å². The Bertz CT molecular complexity index is 428. The van der Waals surface area contributed by atoms with E-state index in [-0.39, 0.29) is 0 Å². The van der Waals surface area contributed by atoms with Crippen molar-refractivity contribution in [3.63, 3.8) is 0 Å². The number of morpholine rings is 1. The molecule has 0 bridgehead atoms. The lowest BCUT2D eigenvalue weighted by Crippen LogP contribution is -3.14. The molecule has 0 spiro atoms. The molecule has 18 heavy (non-hydrogen) atoms. The molecule has 7 nitrogen and oxygen atoms in total. The topological polar surface area (TPSA) is 84.3 Å². The first kappa shape index (κ1) is 13.0. The average molecular weight is 254 g/mol. The first-order chi connectivity index (χ1) is 8.75. The Labute approximate surface area is 106 Å². The Hall–Kier alpha value is -1.47. The lowest BCUT2D eigenvalue weighted by atomic mass is 10.3. The van der Waals surface area contributed by atoms with Crippen molar-refractivity contribution in [2.45, 2.75) is 13.3 Å². The number of aromatic amines is 1. The largest absolute Gasteiger partial charge is 0.370 e. The fraction of sp³-hybridized carbons (Fsp3) is 0.727. The van der Waals surface area contributed by atoms with Crippen LogP contribution in [-0.4, -0.2) is 54.6 Å². The normalized spacial score (nSPS) is 16.7. The number of hydrogen-bond acceptors (Lipinski definition) is 5. The maximum absolute atomic E-state index is 11.0. The van der Waals surface area contributed by atoms with E-state index in [0.29, 0.717) is 11.5 Å². The van der Waals surface area contributed by atoms with Crippen molar-refractivity contribution in [3.05, 3.63) is 16.2 Å². The summed E-state index contributed by atoms with van der Waals surface area (Å²) in [5, 5.41) is 9.33. The van der Waals surface area contributed by atoms with E-state index in [4.69, 9.17) is 4.74 Å². The molecule has 0 unspecified atom stereocenters. The van der Waals surface area contributed by atoms with Gasteiger partial charge in [-0.15, -0.1) is 0 Å². The van der Waals surface area contributed by atoms with Gasteiger partial charge in [0, 0.05) is 13.0 Å². The van der Waals surface area contributed by atoms with E-state index in [1.54, 1.807) is 4.90 Å². The molecule has 0 saturated carbocycles. The van der Waals surface area contributed by atoms with Crippen molar-refractivity contribution in [1.29, 1.82) is 0 Å². The van der Waals surface area contributed by atoms with E-state index in [1.165, 1.54) is 0 Å². The van der Waals surface area contributed by atoms with Crippen LogP contribution in [0.15, 0.2) is 4.79 Å². The summed E-state index contributed by atoms with van der Waals surface area (Å²) in [4.78, 5) is 16.5. The molecule has 3 N–H and O–H groups in total. The third kappa shape index (κ3) is 3.78. The predicted octanol–water partition coefficient (Wildman–Crippen LogP) is -1.81. The van der Waals surface area contributed by atoms with Crippen molar-refractivity contribution in [3.8, 4) is 0 Å². The fourth-order valence-electron chi connectivity index (χ4n) is 2.01. The highest BCUT2D eigenvalue weighted by Crippen LogP contribution is 2.02. The molecule has 7 heteroatoms. The third-order valence-corrected chi connectivity index (χ3v) is 3.07. The van der Waals surface area contributed by atoms with Crippen molar-refractivity contribution < 1.29 is 9.64 Å². The van der Waals surface area contributed by atoms with E-state index in [2.05, 4.69) is 20.5 Å². The summed E-state index contributed by atoms with van der Waals surface area (Å²) in [5.41, 5.74) is 0.301. The summed E-state index contributed by atoms with van der Waals surface area (Å²) in [5.74, 6) is 0.579. The fourth-order valence-corrected chi connectivity index (χ4v) is 2.01. The highest BCUT2D eigenvalue weighted by atomic mass is 16.5. The molecule has 2 heterocycles. The first-order valence-corrected chi connectivity index (χ1v) is 6.34. The smallest absolute Gasteiger partial charge is 0.363 e. The minimum Gasteiger partial charge on any atom is -0.370 e. The number of quaternary nitrogens is 1. The van der Waals surface area contributed by atoms with Gasteiger partial charge >= 0.3 is 5.69 Å². The van der Waals surface area contributed by atoms with Gasteiger partial charge in [-0.3, -0.25) is 0 Å². The quantitative estimate of drug-likeness (QED) is 0.539. The van der Waals surface area contributed by atoms with Crippen LogP contribution in [-0.2, 0) is 4.74 Å². The molecule has 100 valence electrons. The zero-order chi connectivity index (χ0) is 12.8. The van der Waals surface area contributed by atoms with Crippen LogP contribution < -0.4 is 15.9 Å².